The number of nitrogens with one attached hydrogen (secondary N) is 2. The molecule has 0 aliphatic heterocycles. The van der Waals surface area contributed by atoms with E-state index in [0.29, 0.717) is 19.4 Å². The van der Waals surface area contributed by atoms with Crippen LogP contribution in [0.2, 0.25) is 0 Å². The monoisotopic (exact) mass is 352 g/mol. The lowest BCUT2D eigenvalue weighted by atomic mass is 10.1. The van der Waals surface area contributed by atoms with E-state index in [9.17, 15) is 9.59 Å². The van der Waals surface area contributed by atoms with E-state index in [1.807, 2.05) is 49.4 Å². The molecule has 0 aliphatic carbocycles. The molecule has 138 valence electrons. The molecule has 0 saturated heterocycles. The average molecular weight is 352 g/mol. The lowest BCUT2D eigenvalue weighted by Gasteiger charge is -2.07. The minimum absolute atomic E-state index is 0.0428. The molecule has 4 heteroatoms. The maximum absolute atomic E-state index is 12.0. The van der Waals surface area contributed by atoms with Crippen LogP contribution in [0.1, 0.15) is 45.4 Å². The molecule has 0 saturated carbocycles. The zero-order valence-electron chi connectivity index (χ0n) is 15.5. The molecule has 26 heavy (non-hydrogen) atoms. The predicted octanol–water partition coefficient (Wildman–Crippen LogP) is 4.77. The Kier molecular flexibility index (Phi) is 8.40. The summed E-state index contributed by atoms with van der Waals surface area (Å²) in [7, 11) is 0. The number of benzene rings is 2. The first-order valence-electron chi connectivity index (χ1n) is 9.41. The van der Waals surface area contributed by atoms with Gasteiger partial charge in [-0.25, -0.2) is 0 Å². The Balaban J connectivity index is 1.64. The van der Waals surface area contributed by atoms with Gasteiger partial charge in [0, 0.05) is 25.1 Å². The first kappa shape index (κ1) is 19.7. The van der Waals surface area contributed by atoms with E-state index in [0.717, 1.165) is 42.5 Å². The summed E-state index contributed by atoms with van der Waals surface area (Å²) >= 11 is 0. The molecule has 0 bridgehead atoms. The number of amides is 2. The first-order chi connectivity index (χ1) is 12.7. The van der Waals surface area contributed by atoms with Crippen LogP contribution < -0.4 is 10.6 Å². The second-order valence-electron chi connectivity index (χ2n) is 6.36. The fraction of sp³-hybridized carbons (Fsp3) is 0.364. The lowest BCUT2D eigenvalue weighted by molar-refractivity contribution is -0.121. The third-order valence-corrected chi connectivity index (χ3v) is 4.21. The van der Waals surface area contributed by atoms with Crippen molar-refractivity contribution in [1.29, 1.82) is 0 Å². The van der Waals surface area contributed by atoms with Gasteiger partial charge in [0.25, 0.3) is 0 Å². The van der Waals surface area contributed by atoms with Gasteiger partial charge in [-0.15, -0.1) is 0 Å². The third-order valence-electron chi connectivity index (χ3n) is 4.21. The average Bonchev–Trinajstić information content (AvgIpc) is 2.66. The van der Waals surface area contributed by atoms with Crippen molar-refractivity contribution in [2.24, 2.45) is 0 Å². The van der Waals surface area contributed by atoms with E-state index in [1.165, 1.54) is 0 Å². The fourth-order valence-corrected chi connectivity index (χ4v) is 2.81. The standard InChI is InChI=1S/C22H28N2O2/c1-2-23-21(25)12-8-3-4-9-13-22(26)24-20-16-14-19(15-17-20)18-10-6-5-7-11-18/h5-7,10-11,14-17H,2-4,8-9,12-13H2,1H3,(H,23,25)(H,24,26). The Labute approximate surface area is 156 Å². The van der Waals surface area contributed by atoms with Gasteiger partial charge in [-0.2, -0.15) is 0 Å². The van der Waals surface area contributed by atoms with Gasteiger partial charge >= 0.3 is 0 Å². The van der Waals surface area contributed by atoms with Crippen molar-refractivity contribution >= 4 is 17.5 Å². The number of unbranched alkanes of at least 4 members (excludes halogenated alkanes) is 3. The van der Waals surface area contributed by atoms with Gasteiger partial charge in [-0.3, -0.25) is 9.59 Å². The summed E-state index contributed by atoms with van der Waals surface area (Å²) in [4.78, 5) is 23.3. The van der Waals surface area contributed by atoms with Gasteiger partial charge in [0.15, 0.2) is 0 Å². The van der Waals surface area contributed by atoms with Gasteiger partial charge in [0.2, 0.25) is 11.8 Å². The second-order valence-corrected chi connectivity index (χ2v) is 6.36. The summed E-state index contributed by atoms with van der Waals surface area (Å²) in [5, 5.41) is 5.74. The number of carbonyl (C=O) groups is 2. The highest BCUT2D eigenvalue weighted by Gasteiger charge is 2.04. The van der Waals surface area contributed by atoms with Crippen LogP contribution in [-0.4, -0.2) is 18.4 Å². The van der Waals surface area contributed by atoms with E-state index in [2.05, 4.69) is 22.8 Å². The minimum atomic E-state index is 0.0428. The Morgan fingerprint density at radius 3 is 1.92 bits per heavy atom. The number of hydrogen-bond donors (Lipinski definition) is 2. The molecule has 2 aromatic carbocycles. The van der Waals surface area contributed by atoms with Crippen LogP contribution in [0, 0.1) is 0 Å². The van der Waals surface area contributed by atoms with Crippen LogP contribution in [0.15, 0.2) is 54.6 Å². The van der Waals surface area contributed by atoms with Crippen molar-refractivity contribution in [1.82, 2.24) is 5.32 Å². The number of hydrogen-bond acceptors (Lipinski definition) is 2. The highest BCUT2D eigenvalue weighted by molar-refractivity contribution is 5.90. The predicted molar refractivity (Wildman–Crippen MR) is 107 cm³/mol. The first-order valence-corrected chi connectivity index (χ1v) is 9.41. The molecule has 2 N–H and O–H groups in total. The van der Waals surface area contributed by atoms with Crippen LogP contribution in [0.4, 0.5) is 5.69 Å². The largest absolute Gasteiger partial charge is 0.356 e. The maximum atomic E-state index is 12.0. The van der Waals surface area contributed by atoms with Crippen molar-refractivity contribution in [3.63, 3.8) is 0 Å². The van der Waals surface area contributed by atoms with E-state index in [1.54, 1.807) is 0 Å². The van der Waals surface area contributed by atoms with Crippen LogP contribution in [0.25, 0.3) is 11.1 Å². The van der Waals surface area contributed by atoms with Crippen LogP contribution in [0.5, 0.6) is 0 Å². The van der Waals surface area contributed by atoms with Gasteiger partial charge in [-0.1, -0.05) is 55.3 Å². The van der Waals surface area contributed by atoms with Gasteiger partial charge in [-0.05, 0) is 43.0 Å². The third kappa shape index (κ3) is 7.09. The van der Waals surface area contributed by atoms with E-state index in [4.69, 9.17) is 0 Å². The summed E-state index contributed by atoms with van der Waals surface area (Å²) < 4.78 is 0. The highest BCUT2D eigenvalue weighted by Crippen LogP contribution is 2.21. The molecule has 0 unspecified atom stereocenters. The molecule has 0 aromatic heterocycles. The molecule has 0 radical (unpaired) electrons. The number of anilines is 1. The highest BCUT2D eigenvalue weighted by atomic mass is 16.2. The maximum Gasteiger partial charge on any atom is 0.224 e. The smallest absolute Gasteiger partial charge is 0.224 e. The van der Waals surface area contributed by atoms with Gasteiger partial charge < -0.3 is 10.6 Å². The normalized spacial score (nSPS) is 10.3. The molecule has 0 heterocycles. The van der Waals surface area contributed by atoms with Gasteiger partial charge in [0.1, 0.15) is 0 Å². The molecular weight excluding hydrogens is 324 g/mol. The minimum Gasteiger partial charge on any atom is -0.356 e. The van der Waals surface area contributed by atoms with Gasteiger partial charge in [0.05, 0.1) is 0 Å². The molecule has 2 rings (SSSR count). The van der Waals surface area contributed by atoms with Crippen LogP contribution in [0.3, 0.4) is 0 Å². The van der Waals surface area contributed by atoms with Crippen molar-refractivity contribution < 1.29 is 9.59 Å². The summed E-state index contributed by atoms with van der Waals surface area (Å²) in [5.74, 6) is 0.158. The quantitative estimate of drug-likeness (QED) is 0.605. The molecule has 0 aliphatic rings. The van der Waals surface area contributed by atoms with Crippen molar-refractivity contribution in [2.45, 2.75) is 45.4 Å². The number of rotatable bonds is 10. The second kappa shape index (κ2) is 11.1. The SMILES string of the molecule is CCNC(=O)CCCCCCC(=O)Nc1ccc(-c2ccccc2)cc1. The summed E-state index contributed by atoms with van der Waals surface area (Å²) in [6.07, 6.45) is 4.78. The molecule has 2 amide bonds. The topological polar surface area (TPSA) is 58.2 Å². The Hall–Kier alpha value is -2.62. The van der Waals surface area contributed by atoms with E-state index in [-0.39, 0.29) is 11.8 Å². The molecule has 2 aromatic rings. The van der Waals surface area contributed by atoms with E-state index < -0.39 is 0 Å². The lowest BCUT2D eigenvalue weighted by Crippen LogP contribution is -2.21. The molecule has 0 spiro atoms. The molecule has 0 fully saturated rings. The fourth-order valence-electron chi connectivity index (χ4n) is 2.81. The van der Waals surface area contributed by atoms with Crippen LogP contribution >= 0.6 is 0 Å². The summed E-state index contributed by atoms with van der Waals surface area (Å²) in [6, 6.07) is 18.1. The zero-order valence-corrected chi connectivity index (χ0v) is 15.5. The summed E-state index contributed by atoms with van der Waals surface area (Å²) in [5.41, 5.74) is 3.12. The molecule has 0 atom stereocenters. The molecule has 4 nitrogen and oxygen atoms in total. The van der Waals surface area contributed by atoms with Crippen molar-refractivity contribution in [2.75, 3.05) is 11.9 Å². The van der Waals surface area contributed by atoms with Crippen molar-refractivity contribution in [3.05, 3.63) is 54.6 Å². The van der Waals surface area contributed by atoms with E-state index >= 15 is 0 Å². The Morgan fingerprint density at radius 2 is 1.31 bits per heavy atom. The Bertz CT molecular complexity index is 681. The molecular formula is C22H28N2O2. The summed E-state index contributed by atoms with van der Waals surface area (Å²) in [6.45, 7) is 2.61. The van der Waals surface area contributed by atoms with Crippen molar-refractivity contribution in [3.8, 4) is 11.1 Å². The number of carbonyl (C=O) groups excluding carboxylic acids is 2. The Morgan fingerprint density at radius 1 is 0.731 bits per heavy atom. The zero-order chi connectivity index (χ0) is 18.6. The van der Waals surface area contributed by atoms with Crippen LogP contribution in [-0.2, 0) is 9.59 Å².